The largest absolute Gasteiger partial charge is 0.376 e. The molecule has 0 atom stereocenters. The highest BCUT2D eigenvalue weighted by molar-refractivity contribution is 5.95. The molecule has 8 nitrogen and oxygen atoms in total. The molecule has 2 saturated heterocycles. The maximum Gasteiger partial charge on any atom is 0.328 e. The summed E-state index contributed by atoms with van der Waals surface area (Å²) in [6, 6.07) is 15.6. The predicted octanol–water partition coefficient (Wildman–Crippen LogP) is 3.96. The van der Waals surface area contributed by atoms with Gasteiger partial charge in [0.05, 0.1) is 31.5 Å². The first-order chi connectivity index (χ1) is 17.4. The van der Waals surface area contributed by atoms with Gasteiger partial charge < -0.3 is 14.6 Å². The van der Waals surface area contributed by atoms with E-state index in [2.05, 4.69) is 29.9 Å². The van der Waals surface area contributed by atoms with E-state index in [1.807, 2.05) is 47.4 Å². The fourth-order valence-electron chi connectivity index (χ4n) is 5.41. The molecule has 2 aromatic heterocycles. The van der Waals surface area contributed by atoms with E-state index in [-0.39, 0.29) is 17.1 Å². The number of hydrogen-bond acceptors (Lipinski definition) is 5. The fourth-order valence-corrected chi connectivity index (χ4v) is 5.41. The standard InChI is InChI=1S/C28H29N5O3/c1-18(2)21-6-3-4-7-22(21)24-29-14-23-25(31-24)32(27(35)30-23)15-19-8-10-20(11-9-19)26(34)33-13-5-12-28(33)16-36-17-28/h3-4,6-11,14,18H,5,12-13,15-17H2,1-2H3,(H,30,35). The number of H-pyrrole nitrogens is 1. The summed E-state index contributed by atoms with van der Waals surface area (Å²) in [6.45, 7) is 6.66. The van der Waals surface area contributed by atoms with Gasteiger partial charge in [0.25, 0.3) is 5.91 Å². The zero-order valence-corrected chi connectivity index (χ0v) is 20.5. The number of nitrogens with zero attached hydrogens (tertiary/aromatic N) is 4. The highest BCUT2D eigenvalue weighted by atomic mass is 16.5. The zero-order valence-electron chi connectivity index (χ0n) is 20.5. The summed E-state index contributed by atoms with van der Waals surface area (Å²) in [6.07, 6.45) is 3.69. The quantitative estimate of drug-likeness (QED) is 0.464. The number of benzene rings is 2. The number of fused-ring (bicyclic) bond motifs is 1. The number of ether oxygens (including phenoxy) is 1. The van der Waals surface area contributed by atoms with E-state index in [4.69, 9.17) is 9.72 Å². The van der Waals surface area contributed by atoms with Gasteiger partial charge in [0, 0.05) is 17.7 Å². The van der Waals surface area contributed by atoms with Crippen molar-refractivity contribution in [1.29, 1.82) is 0 Å². The van der Waals surface area contributed by atoms with Crippen molar-refractivity contribution in [2.75, 3.05) is 19.8 Å². The fraction of sp³-hybridized carbons (Fsp3) is 0.357. The van der Waals surface area contributed by atoms with Crippen LogP contribution in [0.5, 0.6) is 0 Å². The van der Waals surface area contributed by atoms with Crippen LogP contribution in [0.1, 0.15) is 54.1 Å². The number of imidazole rings is 1. The van der Waals surface area contributed by atoms with Crippen molar-refractivity contribution in [3.63, 3.8) is 0 Å². The number of amides is 1. The van der Waals surface area contributed by atoms with Crippen LogP contribution < -0.4 is 5.69 Å². The third-order valence-electron chi connectivity index (χ3n) is 7.46. The van der Waals surface area contributed by atoms with Crippen molar-refractivity contribution in [2.45, 2.75) is 44.7 Å². The molecule has 1 amide bonds. The van der Waals surface area contributed by atoms with Gasteiger partial charge in [0.15, 0.2) is 11.5 Å². The van der Waals surface area contributed by atoms with Crippen molar-refractivity contribution in [2.24, 2.45) is 0 Å². The van der Waals surface area contributed by atoms with E-state index in [1.54, 1.807) is 10.8 Å². The molecule has 2 aliphatic heterocycles. The van der Waals surface area contributed by atoms with Crippen molar-refractivity contribution in [3.8, 4) is 11.4 Å². The van der Waals surface area contributed by atoms with Crippen LogP contribution in [0.25, 0.3) is 22.6 Å². The third kappa shape index (κ3) is 3.73. The van der Waals surface area contributed by atoms with Gasteiger partial charge in [0.2, 0.25) is 0 Å². The summed E-state index contributed by atoms with van der Waals surface area (Å²) in [4.78, 5) is 40.1. The molecule has 4 heterocycles. The molecule has 2 fully saturated rings. The van der Waals surface area contributed by atoms with Crippen LogP contribution in [0.2, 0.25) is 0 Å². The normalized spacial score (nSPS) is 16.7. The SMILES string of the molecule is CC(C)c1ccccc1-c1ncc2[nH]c(=O)n(Cc3ccc(C(=O)N4CCCC45COC5)cc3)c2n1. The summed E-state index contributed by atoms with van der Waals surface area (Å²) in [5.41, 5.74) is 4.51. The van der Waals surface area contributed by atoms with E-state index in [1.165, 1.54) is 0 Å². The lowest BCUT2D eigenvalue weighted by atomic mass is 9.93. The number of aromatic amines is 1. The molecule has 4 aromatic rings. The molecule has 2 aromatic carbocycles. The first-order valence-corrected chi connectivity index (χ1v) is 12.5. The maximum atomic E-state index is 13.2. The van der Waals surface area contributed by atoms with Gasteiger partial charge in [0.1, 0.15) is 5.52 Å². The molecular weight excluding hydrogens is 454 g/mol. The molecule has 0 saturated carbocycles. The van der Waals surface area contributed by atoms with Gasteiger partial charge in [-0.25, -0.2) is 14.8 Å². The second kappa shape index (κ2) is 8.71. The highest BCUT2D eigenvalue weighted by Crippen LogP contribution is 2.36. The minimum Gasteiger partial charge on any atom is -0.376 e. The van der Waals surface area contributed by atoms with Gasteiger partial charge in [-0.2, -0.15) is 0 Å². The van der Waals surface area contributed by atoms with Gasteiger partial charge >= 0.3 is 5.69 Å². The molecular formula is C28H29N5O3. The average molecular weight is 484 g/mol. The lowest BCUT2D eigenvalue weighted by molar-refractivity contribution is -0.109. The van der Waals surface area contributed by atoms with Crippen LogP contribution in [0.15, 0.2) is 59.5 Å². The van der Waals surface area contributed by atoms with E-state index in [0.717, 1.165) is 36.1 Å². The lowest BCUT2D eigenvalue weighted by Crippen LogP contribution is -2.60. The lowest BCUT2D eigenvalue weighted by Gasteiger charge is -2.45. The van der Waals surface area contributed by atoms with E-state index in [0.29, 0.717) is 48.2 Å². The average Bonchev–Trinajstić information content (AvgIpc) is 3.45. The molecule has 0 unspecified atom stereocenters. The molecule has 36 heavy (non-hydrogen) atoms. The molecule has 8 heteroatoms. The Hall–Kier alpha value is -3.78. The molecule has 1 N–H and O–H groups in total. The minimum atomic E-state index is -0.238. The van der Waals surface area contributed by atoms with E-state index < -0.39 is 0 Å². The van der Waals surface area contributed by atoms with Gasteiger partial charge in [-0.1, -0.05) is 50.2 Å². The number of carbonyl (C=O) groups excluding carboxylic acids is 1. The first kappa shape index (κ1) is 22.7. The number of aromatic nitrogens is 4. The highest BCUT2D eigenvalue weighted by Gasteiger charge is 2.49. The molecule has 0 radical (unpaired) electrons. The third-order valence-corrected chi connectivity index (χ3v) is 7.46. The van der Waals surface area contributed by atoms with Gasteiger partial charge in [-0.05, 0) is 42.0 Å². The summed E-state index contributed by atoms with van der Waals surface area (Å²) in [5.74, 6) is 0.968. The van der Waals surface area contributed by atoms with Crippen LogP contribution in [-0.4, -0.2) is 55.6 Å². The summed E-state index contributed by atoms with van der Waals surface area (Å²) >= 11 is 0. The Balaban J connectivity index is 1.28. The van der Waals surface area contributed by atoms with Crippen molar-refractivity contribution < 1.29 is 9.53 Å². The Kier molecular flexibility index (Phi) is 5.48. The monoisotopic (exact) mass is 483 g/mol. The second-order valence-corrected chi connectivity index (χ2v) is 10.2. The van der Waals surface area contributed by atoms with Crippen LogP contribution in [0.4, 0.5) is 0 Å². The topological polar surface area (TPSA) is 93.1 Å². The van der Waals surface area contributed by atoms with Crippen molar-refractivity contribution in [3.05, 3.63) is 81.9 Å². The van der Waals surface area contributed by atoms with Crippen LogP contribution in [0.3, 0.4) is 0 Å². The predicted molar refractivity (Wildman–Crippen MR) is 137 cm³/mol. The summed E-state index contributed by atoms with van der Waals surface area (Å²) in [7, 11) is 0. The Morgan fingerprint density at radius 1 is 1.14 bits per heavy atom. The van der Waals surface area contributed by atoms with Crippen molar-refractivity contribution in [1.82, 2.24) is 24.4 Å². The summed E-state index contributed by atoms with van der Waals surface area (Å²) < 4.78 is 7.04. The van der Waals surface area contributed by atoms with Gasteiger partial charge in [-0.3, -0.25) is 9.36 Å². The van der Waals surface area contributed by atoms with E-state index >= 15 is 0 Å². The van der Waals surface area contributed by atoms with Crippen LogP contribution in [-0.2, 0) is 11.3 Å². The first-order valence-electron chi connectivity index (χ1n) is 12.5. The number of rotatable bonds is 5. The molecule has 0 bridgehead atoms. The number of hydrogen-bond donors (Lipinski definition) is 1. The Bertz CT molecular complexity index is 1500. The molecule has 1 spiro atoms. The molecule has 6 rings (SSSR count). The Labute approximate surface area is 209 Å². The second-order valence-electron chi connectivity index (χ2n) is 10.2. The van der Waals surface area contributed by atoms with Crippen molar-refractivity contribution >= 4 is 17.1 Å². The Morgan fingerprint density at radius 3 is 2.64 bits per heavy atom. The molecule has 0 aliphatic carbocycles. The smallest absolute Gasteiger partial charge is 0.328 e. The summed E-state index contributed by atoms with van der Waals surface area (Å²) in [5, 5.41) is 0. The van der Waals surface area contributed by atoms with Crippen LogP contribution >= 0.6 is 0 Å². The number of likely N-dealkylation sites (tertiary alicyclic amines) is 1. The van der Waals surface area contributed by atoms with Gasteiger partial charge in [-0.15, -0.1) is 0 Å². The minimum absolute atomic E-state index is 0.0489. The number of nitrogens with one attached hydrogen (secondary N) is 1. The van der Waals surface area contributed by atoms with E-state index in [9.17, 15) is 9.59 Å². The number of carbonyl (C=O) groups is 1. The zero-order chi connectivity index (χ0) is 24.9. The Morgan fingerprint density at radius 2 is 1.92 bits per heavy atom. The maximum absolute atomic E-state index is 13.2. The van der Waals surface area contributed by atoms with Crippen LogP contribution in [0, 0.1) is 0 Å². The molecule has 184 valence electrons. The molecule has 2 aliphatic rings.